The molecular formula is C18H14F3N5O4S. The monoisotopic (exact) mass is 453 g/mol. The minimum atomic E-state index is -3.31. The molecule has 0 saturated carbocycles. The van der Waals surface area contributed by atoms with Crippen LogP contribution in [0.1, 0.15) is 10.4 Å². The highest BCUT2D eigenvalue weighted by molar-refractivity contribution is 7.12. The van der Waals surface area contributed by atoms with Gasteiger partial charge in [0.2, 0.25) is 17.6 Å². The Bertz CT molecular complexity index is 1210. The van der Waals surface area contributed by atoms with E-state index in [9.17, 15) is 32.7 Å². The Kier molecular flexibility index (Phi) is 5.35. The number of rotatable bonds is 6. The molecule has 3 aromatic heterocycles. The SMILES string of the molecule is O=C(O)c1cn(-c2nccs2)c2nc(N3CC(C(=O)NC(F)C(F)F)C3)ccc2c1=O. The van der Waals surface area contributed by atoms with Crippen molar-refractivity contribution in [2.45, 2.75) is 12.7 Å². The molecule has 2 N–H and O–H groups in total. The Balaban J connectivity index is 1.64. The van der Waals surface area contributed by atoms with E-state index in [1.54, 1.807) is 15.6 Å². The number of halogens is 3. The minimum absolute atomic E-state index is 0.0749. The van der Waals surface area contributed by atoms with Gasteiger partial charge in [0.15, 0.2) is 10.8 Å². The second-order valence-electron chi connectivity index (χ2n) is 6.75. The van der Waals surface area contributed by atoms with E-state index in [2.05, 4.69) is 9.97 Å². The number of pyridine rings is 2. The van der Waals surface area contributed by atoms with Gasteiger partial charge >= 0.3 is 5.97 Å². The first-order valence-corrected chi connectivity index (χ1v) is 9.81. The maximum absolute atomic E-state index is 13.0. The molecule has 9 nitrogen and oxygen atoms in total. The number of alkyl halides is 3. The molecule has 31 heavy (non-hydrogen) atoms. The van der Waals surface area contributed by atoms with Crippen LogP contribution in [0.25, 0.3) is 16.2 Å². The van der Waals surface area contributed by atoms with Crippen molar-refractivity contribution in [3.8, 4) is 5.13 Å². The van der Waals surface area contributed by atoms with Gasteiger partial charge in [-0.1, -0.05) is 0 Å². The van der Waals surface area contributed by atoms with Crippen LogP contribution in [0.4, 0.5) is 19.0 Å². The Hall–Kier alpha value is -3.48. The van der Waals surface area contributed by atoms with Crippen molar-refractivity contribution in [1.82, 2.24) is 19.9 Å². The summed E-state index contributed by atoms with van der Waals surface area (Å²) in [6.45, 7) is 0.240. The molecule has 4 rings (SSSR count). The van der Waals surface area contributed by atoms with E-state index in [0.717, 1.165) is 6.20 Å². The molecule has 1 saturated heterocycles. The van der Waals surface area contributed by atoms with Crippen LogP contribution in [0.2, 0.25) is 0 Å². The Morgan fingerprint density at radius 3 is 2.61 bits per heavy atom. The van der Waals surface area contributed by atoms with E-state index in [0.29, 0.717) is 10.9 Å². The fraction of sp³-hybridized carbons (Fsp3) is 0.278. The van der Waals surface area contributed by atoms with Gasteiger partial charge < -0.3 is 15.3 Å². The molecule has 1 fully saturated rings. The van der Waals surface area contributed by atoms with Crippen LogP contribution >= 0.6 is 11.3 Å². The summed E-state index contributed by atoms with van der Waals surface area (Å²) in [5, 5.41) is 13.1. The van der Waals surface area contributed by atoms with E-state index < -0.39 is 41.5 Å². The Morgan fingerprint density at radius 1 is 1.26 bits per heavy atom. The molecule has 0 spiro atoms. The van der Waals surface area contributed by atoms with Crippen LogP contribution in [0.5, 0.6) is 0 Å². The maximum Gasteiger partial charge on any atom is 0.341 e. The number of carboxylic acids is 1. The average molecular weight is 453 g/mol. The number of hydrogen-bond donors (Lipinski definition) is 2. The van der Waals surface area contributed by atoms with Crippen molar-refractivity contribution in [1.29, 1.82) is 0 Å². The predicted molar refractivity (Wildman–Crippen MR) is 105 cm³/mol. The van der Waals surface area contributed by atoms with E-state index in [1.807, 2.05) is 0 Å². The van der Waals surface area contributed by atoms with Crippen molar-refractivity contribution < 1.29 is 27.9 Å². The summed E-state index contributed by atoms with van der Waals surface area (Å²) in [6.07, 6.45) is -3.36. The number of nitrogens with one attached hydrogen (secondary N) is 1. The lowest BCUT2D eigenvalue weighted by Gasteiger charge is -2.39. The fourth-order valence-corrected chi connectivity index (χ4v) is 3.77. The van der Waals surface area contributed by atoms with Gasteiger partial charge in [-0.05, 0) is 12.1 Å². The number of carbonyl (C=O) groups is 2. The van der Waals surface area contributed by atoms with E-state index in [1.165, 1.54) is 34.2 Å². The maximum atomic E-state index is 13.0. The second kappa shape index (κ2) is 7.98. The first kappa shape index (κ1) is 20.8. The number of aromatic nitrogens is 3. The van der Waals surface area contributed by atoms with Crippen LogP contribution in [-0.4, -0.2) is 57.3 Å². The van der Waals surface area contributed by atoms with Crippen molar-refractivity contribution in [3.63, 3.8) is 0 Å². The van der Waals surface area contributed by atoms with Gasteiger partial charge in [-0.15, -0.1) is 11.3 Å². The number of thiazole rings is 1. The fourth-order valence-electron chi connectivity index (χ4n) is 3.15. The molecule has 1 amide bonds. The Labute approximate surface area is 175 Å². The highest BCUT2D eigenvalue weighted by Gasteiger charge is 2.36. The molecule has 0 radical (unpaired) electrons. The summed E-state index contributed by atoms with van der Waals surface area (Å²) in [7, 11) is 0. The minimum Gasteiger partial charge on any atom is -0.477 e. The molecule has 1 aliphatic rings. The number of anilines is 1. The third-order valence-corrected chi connectivity index (χ3v) is 5.54. The standard InChI is InChI=1S/C18H14F3N5O4S/c19-13(20)14(21)24-16(28)8-5-25(6-8)11-2-1-9-12(27)10(17(29)30)7-26(15(9)23-11)18-22-3-4-31-18/h1-4,7-8,13-14H,5-6H2,(H,24,28)(H,29,30). The van der Waals surface area contributed by atoms with Crippen LogP contribution in [0.3, 0.4) is 0 Å². The summed E-state index contributed by atoms with van der Waals surface area (Å²) < 4.78 is 38.9. The molecule has 3 aromatic rings. The number of amides is 1. The molecule has 162 valence electrons. The zero-order chi connectivity index (χ0) is 22.3. The quantitative estimate of drug-likeness (QED) is 0.545. The molecule has 0 bridgehead atoms. The van der Waals surface area contributed by atoms with Crippen molar-refractivity contribution >= 4 is 40.1 Å². The highest BCUT2D eigenvalue weighted by atomic mass is 32.1. The zero-order valence-corrected chi connectivity index (χ0v) is 16.4. The summed E-state index contributed by atoms with van der Waals surface area (Å²) in [6, 6.07) is 2.92. The molecule has 1 aliphatic heterocycles. The number of aromatic carboxylic acids is 1. The van der Waals surface area contributed by atoms with Crippen molar-refractivity contribution in [3.05, 3.63) is 45.7 Å². The molecule has 1 unspecified atom stereocenters. The smallest absolute Gasteiger partial charge is 0.341 e. The molecule has 1 atom stereocenters. The van der Waals surface area contributed by atoms with Gasteiger partial charge in [0.05, 0.1) is 11.3 Å². The average Bonchev–Trinajstić information content (AvgIpc) is 3.21. The first-order valence-electron chi connectivity index (χ1n) is 8.93. The largest absolute Gasteiger partial charge is 0.477 e. The van der Waals surface area contributed by atoms with Crippen LogP contribution in [0, 0.1) is 5.92 Å². The number of carboxylic acid groups (broad SMARTS) is 1. The van der Waals surface area contributed by atoms with Gasteiger partial charge in [0.1, 0.15) is 11.4 Å². The summed E-state index contributed by atoms with van der Waals surface area (Å²) in [5.74, 6) is -2.51. The van der Waals surface area contributed by atoms with Crippen molar-refractivity contribution in [2.24, 2.45) is 5.92 Å². The van der Waals surface area contributed by atoms with Crippen LogP contribution < -0.4 is 15.6 Å². The van der Waals surface area contributed by atoms with E-state index >= 15 is 0 Å². The second-order valence-corrected chi connectivity index (χ2v) is 7.62. The lowest BCUT2D eigenvalue weighted by molar-refractivity contribution is -0.129. The van der Waals surface area contributed by atoms with Gasteiger partial charge in [-0.25, -0.2) is 27.9 Å². The van der Waals surface area contributed by atoms with E-state index in [4.69, 9.17) is 0 Å². The summed E-state index contributed by atoms with van der Waals surface area (Å²) >= 11 is 1.22. The Morgan fingerprint density at radius 2 is 2.00 bits per heavy atom. The summed E-state index contributed by atoms with van der Waals surface area (Å²) in [4.78, 5) is 46.1. The predicted octanol–water partition coefficient (Wildman–Crippen LogP) is 1.65. The van der Waals surface area contributed by atoms with Crippen LogP contribution in [0.15, 0.2) is 34.7 Å². The highest BCUT2D eigenvalue weighted by Crippen LogP contribution is 2.26. The lowest BCUT2D eigenvalue weighted by atomic mass is 9.99. The van der Waals surface area contributed by atoms with E-state index in [-0.39, 0.29) is 24.1 Å². The number of nitrogens with zero attached hydrogens (tertiary/aromatic N) is 4. The van der Waals surface area contributed by atoms with Crippen LogP contribution in [-0.2, 0) is 4.79 Å². The number of fused-ring (bicyclic) bond motifs is 1. The number of hydrogen-bond acceptors (Lipinski definition) is 7. The van der Waals surface area contributed by atoms with Gasteiger partial charge in [0, 0.05) is 30.9 Å². The molecule has 13 heteroatoms. The molecule has 0 aliphatic carbocycles. The normalized spacial score (nSPS) is 15.2. The molecular weight excluding hydrogens is 439 g/mol. The van der Waals surface area contributed by atoms with Gasteiger partial charge in [-0.2, -0.15) is 0 Å². The lowest BCUT2D eigenvalue weighted by Crippen LogP contribution is -2.55. The number of carbonyl (C=O) groups excluding carboxylic acids is 1. The van der Waals surface area contributed by atoms with Gasteiger partial charge in [0.25, 0.3) is 6.43 Å². The molecule has 0 aromatic carbocycles. The third-order valence-electron chi connectivity index (χ3n) is 4.77. The van der Waals surface area contributed by atoms with Gasteiger partial charge in [-0.3, -0.25) is 14.2 Å². The third kappa shape index (κ3) is 3.83. The first-order chi connectivity index (χ1) is 14.8. The zero-order valence-electron chi connectivity index (χ0n) is 15.5. The van der Waals surface area contributed by atoms with Crippen molar-refractivity contribution in [2.75, 3.05) is 18.0 Å². The molecule has 4 heterocycles. The summed E-state index contributed by atoms with van der Waals surface area (Å²) in [5.41, 5.74) is -0.953. The topological polar surface area (TPSA) is 117 Å².